The molecule has 0 spiro atoms. The first-order valence-corrected chi connectivity index (χ1v) is 3.06. The van der Waals surface area contributed by atoms with Gasteiger partial charge in [0, 0.05) is 0 Å². The summed E-state index contributed by atoms with van der Waals surface area (Å²) in [6.45, 7) is 3.82. The van der Waals surface area contributed by atoms with E-state index in [0.717, 1.165) is 0 Å². The Labute approximate surface area is 59.9 Å². The first kappa shape index (κ1) is 8.88. The van der Waals surface area contributed by atoms with E-state index in [2.05, 4.69) is 5.73 Å². The molecule has 0 fully saturated rings. The van der Waals surface area contributed by atoms with Gasteiger partial charge in [-0.2, -0.15) is 0 Å². The van der Waals surface area contributed by atoms with Crippen LogP contribution in [-0.4, -0.2) is 11.7 Å². The molecule has 0 aliphatic rings. The van der Waals surface area contributed by atoms with Gasteiger partial charge in [0.1, 0.15) is 0 Å². The zero-order valence-electron chi connectivity index (χ0n) is 6.13. The molecule has 3 heteroatoms. The number of nitrogens with two attached hydrogens (primary N) is 1. The lowest BCUT2D eigenvalue weighted by molar-refractivity contribution is -0.133. The quantitative estimate of drug-likeness (QED) is 0.452. The van der Waals surface area contributed by atoms with Gasteiger partial charge >= 0.3 is 0 Å². The van der Waals surface area contributed by atoms with Crippen molar-refractivity contribution in [3.05, 3.63) is 12.2 Å². The molecule has 56 valence electrons. The number of ketones is 1. The molecule has 0 bridgehead atoms. The van der Waals surface area contributed by atoms with Crippen LogP contribution in [0.15, 0.2) is 12.2 Å². The largest absolute Gasteiger partial charge is 0.363 e. The Morgan fingerprint density at radius 1 is 1.40 bits per heavy atom. The predicted molar refractivity (Wildman–Crippen MR) is 38.2 cm³/mol. The molecule has 0 aromatic carbocycles. The van der Waals surface area contributed by atoms with E-state index in [1.54, 1.807) is 6.08 Å². The van der Waals surface area contributed by atoms with Gasteiger partial charge in [0.15, 0.2) is 0 Å². The van der Waals surface area contributed by atoms with Gasteiger partial charge in [0.05, 0.1) is 0 Å². The van der Waals surface area contributed by atoms with Gasteiger partial charge in [-0.3, -0.25) is 9.59 Å². The normalized spacial score (nSPS) is 10.7. The number of hydrogen-bond donors (Lipinski definition) is 1. The zero-order chi connectivity index (χ0) is 8.15. The van der Waals surface area contributed by atoms with Crippen LogP contribution in [0.5, 0.6) is 0 Å². The van der Waals surface area contributed by atoms with E-state index in [1.807, 2.05) is 13.8 Å². The van der Waals surface area contributed by atoms with Crippen LogP contribution in [0.25, 0.3) is 0 Å². The average Bonchev–Trinajstić information content (AvgIpc) is 1.82. The third-order valence-electron chi connectivity index (χ3n) is 0.875. The molecule has 0 heterocycles. The molecule has 0 aliphatic heterocycles. The van der Waals surface area contributed by atoms with Crippen molar-refractivity contribution in [1.82, 2.24) is 0 Å². The molecule has 10 heavy (non-hydrogen) atoms. The second-order valence-corrected chi connectivity index (χ2v) is 2.33. The molecule has 0 rings (SSSR count). The molecule has 3 nitrogen and oxygen atoms in total. The minimum absolute atomic E-state index is 0.267. The van der Waals surface area contributed by atoms with Crippen molar-refractivity contribution < 1.29 is 9.59 Å². The topological polar surface area (TPSA) is 60.2 Å². The second kappa shape index (κ2) is 3.82. The van der Waals surface area contributed by atoms with Crippen LogP contribution in [0.3, 0.4) is 0 Å². The maximum atomic E-state index is 10.5. The van der Waals surface area contributed by atoms with E-state index >= 15 is 0 Å². The van der Waals surface area contributed by atoms with Crippen molar-refractivity contribution in [3.8, 4) is 0 Å². The Morgan fingerprint density at radius 2 is 1.90 bits per heavy atom. The van der Waals surface area contributed by atoms with Gasteiger partial charge in [0.2, 0.25) is 5.78 Å². The number of carbonyl (C=O) groups is 2. The Hall–Kier alpha value is -1.12. The highest BCUT2D eigenvalue weighted by atomic mass is 16.2. The number of hydrogen-bond acceptors (Lipinski definition) is 2. The lowest BCUT2D eigenvalue weighted by Crippen LogP contribution is -2.20. The van der Waals surface area contributed by atoms with Crippen LogP contribution in [-0.2, 0) is 9.59 Å². The van der Waals surface area contributed by atoms with E-state index in [0.29, 0.717) is 0 Å². The molecule has 2 N–H and O–H groups in total. The number of amides is 1. The van der Waals surface area contributed by atoms with Crippen molar-refractivity contribution in [2.75, 3.05) is 0 Å². The fourth-order valence-corrected chi connectivity index (χ4v) is 0.362. The summed E-state index contributed by atoms with van der Waals surface area (Å²) in [5.41, 5.74) is 4.68. The van der Waals surface area contributed by atoms with E-state index in [1.165, 1.54) is 6.08 Å². The first-order valence-electron chi connectivity index (χ1n) is 3.06. The molecule has 0 aromatic rings. The molecule has 0 unspecified atom stereocenters. The minimum atomic E-state index is -0.906. The summed E-state index contributed by atoms with van der Waals surface area (Å²) in [4.78, 5) is 20.6. The molecular weight excluding hydrogens is 130 g/mol. The minimum Gasteiger partial charge on any atom is -0.363 e. The van der Waals surface area contributed by atoms with Gasteiger partial charge in [-0.05, 0) is 12.0 Å². The lowest BCUT2D eigenvalue weighted by atomic mass is 10.2. The number of carbonyl (C=O) groups excluding carboxylic acids is 2. The predicted octanol–water partition coefficient (Wildman–Crippen LogP) is 0.253. The molecule has 0 atom stereocenters. The average molecular weight is 141 g/mol. The Morgan fingerprint density at radius 3 is 2.20 bits per heavy atom. The van der Waals surface area contributed by atoms with E-state index in [-0.39, 0.29) is 5.92 Å². The first-order chi connectivity index (χ1) is 4.54. The summed E-state index contributed by atoms with van der Waals surface area (Å²) in [6.07, 6.45) is 2.83. The lowest BCUT2D eigenvalue weighted by Gasteiger charge is -1.90. The maximum Gasteiger partial charge on any atom is 0.289 e. The van der Waals surface area contributed by atoms with Gasteiger partial charge < -0.3 is 5.73 Å². The summed E-state index contributed by atoms with van der Waals surface area (Å²) < 4.78 is 0. The second-order valence-electron chi connectivity index (χ2n) is 2.33. The van der Waals surface area contributed by atoms with Gasteiger partial charge in [-0.25, -0.2) is 0 Å². The fraction of sp³-hybridized carbons (Fsp3) is 0.429. The van der Waals surface area contributed by atoms with Crippen LogP contribution in [0.2, 0.25) is 0 Å². The Balaban J connectivity index is 3.91. The summed E-state index contributed by atoms with van der Waals surface area (Å²) in [7, 11) is 0. The van der Waals surface area contributed by atoms with Crippen molar-refractivity contribution in [1.29, 1.82) is 0 Å². The van der Waals surface area contributed by atoms with Gasteiger partial charge in [-0.15, -0.1) is 0 Å². The van der Waals surface area contributed by atoms with Crippen molar-refractivity contribution in [2.24, 2.45) is 11.7 Å². The molecule has 0 aromatic heterocycles. The highest BCUT2D eigenvalue weighted by Gasteiger charge is 2.02. The monoisotopic (exact) mass is 141 g/mol. The van der Waals surface area contributed by atoms with Gasteiger partial charge in [0.25, 0.3) is 5.91 Å². The zero-order valence-corrected chi connectivity index (χ0v) is 6.13. The highest BCUT2D eigenvalue weighted by Crippen LogP contribution is 1.92. The molecule has 0 aliphatic carbocycles. The Bertz CT molecular complexity index is 170. The molecular formula is C7H11NO2. The van der Waals surface area contributed by atoms with Crippen molar-refractivity contribution in [2.45, 2.75) is 13.8 Å². The van der Waals surface area contributed by atoms with Crippen molar-refractivity contribution in [3.63, 3.8) is 0 Å². The number of primary amides is 1. The molecule has 0 radical (unpaired) electrons. The SMILES string of the molecule is CC(C)/C=C/C(=O)C(N)=O. The fourth-order valence-electron chi connectivity index (χ4n) is 0.362. The van der Waals surface area contributed by atoms with Crippen LogP contribution < -0.4 is 5.73 Å². The smallest absolute Gasteiger partial charge is 0.289 e. The van der Waals surface area contributed by atoms with Gasteiger partial charge in [-0.1, -0.05) is 19.9 Å². The van der Waals surface area contributed by atoms with Crippen LogP contribution >= 0.6 is 0 Å². The molecule has 0 saturated heterocycles. The summed E-state index contributed by atoms with van der Waals surface area (Å²) in [5.74, 6) is -1.28. The number of allylic oxidation sites excluding steroid dienone is 1. The Kier molecular flexibility index (Phi) is 3.39. The van der Waals surface area contributed by atoms with E-state index < -0.39 is 11.7 Å². The third kappa shape index (κ3) is 3.83. The summed E-state index contributed by atoms with van der Waals surface area (Å²) in [6, 6.07) is 0. The summed E-state index contributed by atoms with van der Waals surface area (Å²) in [5, 5.41) is 0. The standard InChI is InChI=1S/C7H11NO2/c1-5(2)3-4-6(9)7(8)10/h3-5H,1-2H3,(H2,8,10)/b4-3+. The van der Waals surface area contributed by atoms with E-state index in [9.17, 15) is 9.59 Å². The number of rotatable bonds is 3. The summed E-state index contributed by atoms with van der Waals surface area (Å²) >= 11 is 0. The third-order valence-corrected chi connectivity index (χ3v) is 0.875. The van der Waals surface area contributed by atoms with Crippen molar-refractivity contribution >= 4 is 11.7 Å². The molecule has 0 saturated carbocycles. The van der Waals surface area contributed by atoms with Crippen LogP contribution in [0.1, 0.15) is 13.8 Å². The molecule has 1 amide bonds. The maximum absolute atomic E-state index is 10.5. The highest BCUT2D eigenvalue weighted by molar-refractivity contribution is 6.40. The van der Waals surface area contributed by atoms with Crippen LogP contribution in [0, 0.1) is 5.92 Å². The van der Waals surface area contributed by atoms with E-state index in [4.69, 9.17) is 0 Å². The van der Waals surface area contributed by atoms with Crippen LogP contribution in [0.4, 0.5) is 0 Å².